The smallest absolute Gasteiger partial charge is 0.226 e. The van der Waals surface area contributed by atoms with Gasteiger partial charge in [0, 0.05) is 38.8 Å². The molecule has 132 valence electrons. The van der Waals surface area contributed by atoms with Gasteiger partial charge >= 0.3 is 0 Å². The van der Waals surface area contributed by atoms with Gasteiger partial charge in [-0.1, -0.05) is 5.21 Å². The van der Waals surface area contributed by atoms with Crippen LogP contribution in [0.5, 0.6) is 0 Å². The largest absolute Gasteiger partial charge is 0.381 e. The van der Waals surface area contributed by atoms with Crippen LogP contribution in [0.1, 0.15) is 43.5 Å². The highest BCUT2D eigenvalue weighted by Crippen LogP contribution is 2.29. The second-order valence-electron chi connectivity index (χ2n) is 7.16. The van der Waals surface area contributed by atoms with Gasteiger partial charge in [0.1, 0.15) is 5.69 Å². The third-order valence-corrected chi connectivity index (χ3v) is 5.23. The number of aryl methyl sites for hydroxylation is 1. The van der Waals surface area contributed by atoms with Gasteiger partial charge in [-0.2, -0.15) is 0 Å². The maximum Gasteiger partial charge on any atom is 0.226 e. The van der Waals surface area contributed by atoms with Crippen LogP contribution in [0.4, 0.5) is 0 Å². The first kappa shape index (κ1) is 16.0. The topological polar surface area (TPSA) is 69.5 Å². The number of hydrogen-bond acceptors (Lipinski definition) is 5. The number of carbonyl (C=O) groups excluding carboxylic acids is 1. The van der Waals surface area contributed by atoms with Crippen molar-refractivity contribution in [3.8, 4) is 0 Å². The monoisotopic (exact) mass is 334 g/mol. The van der Waals surface area contributed by atoms with E-state index in [0.29, 0.717) is 26.4 Å². The third-order valence-electron chi connectivity index (χ3n) is 5.23. The van der Waals surface area contributed by atoms with Gasteiger partial charge in [-0.25, -0.2) is 4.68 Å². The van der Waals surface area contributed by atoms with Gasteiger partial charge in [0.15, 0.2) is 0 Å². The van der Waals surface area contributed by atoms with Gasteiger partial charge in [-0.3, -0.25) is 4.79 Å². The average molecular weight is 334 g/mol. The van der Waals surface area contributed by atoms with Crippen molar-refractivity contribution >= 4 is 5.91 Å². The second kappa shape index (κ2) is 7.19. The number of fused-ring (bicyclic) bond motifs is 1. The summed E-state index contributed by atoms with van der Waals surface area (Å²) in [6.45, 7) is 4.94. The SMILES string of the molecule is O=C(C1CCOCC1)N1CCCn2nnc(COCC3CC3)c2C1. The first-order valence-corrected chi connectivity index (χ1v) is 9.17. The highest BCUT2D eigenvalue weighted by atomic mass is 16.5. The minimum absolute atomic E-state index is 0.107. The second-order valence-corrected chi connectivity index (χ2v) is 7.16. The molecule has 0 atom stereocenters. The van der Waals surface area contributed by atoms with E-state index < -0.39 is 0 Å². The molecule has 0 aromatic carbocycles. The lowest BCUT2D eigenvalue weighted by molar-refractivity contribution is -0.139. The molecule has 1 aromatic rings. The summed E-state index contributed by atoms with van der Waals surface area (Å²) >= 11 is 0. The van der Waals surface area contributed by atoms with Crippen molar-refractivity contribution in [3.63, 3.8) is 0 Å². The Morgan fingerprint density at radius 1 is 1.21 bits per heavy atom. The van der Waals surface area contributed by atoms with Gasteiger partial charge in [-0.15, -0.1) is 5.10 Å². The summed E-state index contributed by atoms with van der Waals surface area (Å²) in [5, 5.41) is 8.56. The number of carbonyl (C=O) groups is 1. The minimum atomic E-state index is 0.107. The fraction of sp³-hybridized carbons (Fsp3) is 0.824. The quantitative estimate of drug-likeness (QED) is 0.813. The Labute approximate surface area is 142 Å². The van der Waals surface area contributed by atoms with Crippen molar-refractivity contribution in [2.24, 2.45) is 11.8 Å². The summed E-state index contributed by atoms with van der Waals surface area (Å²) < 4.78 is 13.1. The molecule has 0 unspecified atom stereocenters. The number of nitrogens with zero attached hydrogens (tertiary/aromatic N) is 4. The van der Waals surface area contributed by atoms with Crippen LogP contribution >= 0.6 is 0 Å². The van der Waals surface area contributed by atoms with E-state index >= 15 is 0 Å². The summed E-state index contributed by atoms with van der Waals surface area (Å²) in [6.07, 6.45) is 5.17. The van der Waals surface area contributed by atoms with Gasteiger partial charge in [-0.05, 0) is 38.0 Å². The van der Waals surface area contributed by atoms with Crippen molar-refractivity contribution in [1.29, 1.82) is 0 Å². The van der Waals surface area contributed by atoms with E-state index in [1.165, 1.54) is 12.8 Å². The lowest BCUT2D eigenvalue weighted by atomic mass is 9.98. The average Bonchev–Trinajstić information content (AvgIpc) is 3.40. The molecule has 4 rings (SSSR count). The van der Waals surface area contributed by atoms with E-state index in [0.717, 1.165) is 56.3 Å². The summed E-state index contributed by atoms with van der Waals surface area (Å²) in [5.74, 6) is 1.11. The minimum Gasteiger partial charge on any atom is -0.381 e. The Kier molecular flexibility index (Phi) is 4.80. The van der Waals surface area contributed by atoms with Crippen LogP contribution in [0, 0.1) is 11.8 Å². The predicted molar refractivity (Wildman–Crippen MR) is 86.0 cm³/mol. The van der Waals surface area contributed by atoms with Gasteiger partial charge in [0.25, 0.3) is 0 Å². The number of amides is 1. The number of hydrogen-bond donors (Lipinski definition) is 0. The van der Waals surface area contributed by atoms with Crippen molar-refractivity contribution < 1.29 is 14.3 Å². The van der Waals surface area contributed by atoms with Crippen LogP contribution in [0.2, 0.25) is 0 Å². The van der Waals surface area contributed by atoms with Crippen LogP contribution < -0.4 is 0 Å². The zero-order chi connectivity index (χ0) is 16.4. The fourth-order valence-electron chi connectivity index (χ4n) is 3.50. The highest BCUT2D eigenvalue weighted by molar-refractivity contribution is 5.79. The normalized spacial score (nSPS) is 22.2. The maximum atomic E-state index is 12.8. The number of aromatic nitrogens is 3. The predicted octanol–water partition coefficient (Wildman–Crippen LogP) is 1.36. The van der Waals surface area contributed by atoms with Crippen LogP contribution in [0.25, 0.3) is 0 Å². The third kappa shape index (κ3) is 3.62. The molecule has 0 radical (unpaired) electrons. The van der Waals surface area contributed by atoms with Gasteiger partial charge in [0.05, 0.1) is 18.8 Å². The van der Waals surface area contributed by atoms with Crippen LogP contribution in [-0.4, -0.2) is 52.2 Å². The summed E-state index contributed by atoms with van der Waals surface area (Å²) in [4.78, 5) is 14.8. The molecule has 2 aliphatic heterocycles. The van der Waals surface area contributed by atoms with E-state index in [4.69, 9.17) is 9.47 Å². The first-order valence-electron chi connectivity index (χ1n) is 9.17. The lowest BCUT2D eigenvalue weighted by Gasteiger charge is -2.28. The molecule has 1 aromatic heterocycles. The standard InChI is InChI=1S/C17H26N4O3/c22-17(14-4-8-23-9-5-14)20-6-1-7-21-16(10-20)15(18-19-21)12-24-11-13-2-3-13/h13-14H,1-12H2. The molecule has 1 aliphatic carbocycles. The van der Waals surface area contributed by atoms with E-state index in [9.17, 15) is 4.79 Å². The van der Waals surface area contributed by atoms with E-state index in [1.807, 2.05) is 9.58 Å². The van der Waals surface area contributed by atoms with Crippen molar-refractivity contribution in [1.82, 2.24) is 19.9 Å². The number of rotatable bonds is 5. The van der Waals surface area contributed by atoms with Crippen LogP contribution in [0.15, 0.2) is 0 Å². The molecule has 0 bridgehead atoms. The zero-order valence-electron chi connectivity index (χ0n) is 14.2. The molecule has 0 N–H and O–H groups in total. The highest BCUT2D eigenvalue weighted by Gasteiger charge is 2.29. The maximum absolute atomic E-state index is 12.8. The van der Waals surface area contributed by atoms with E-state index in [1.54, 1.807) is 0 Å². The van der Waals surface area contributed by atoms with Crippen molar-refractivity contribution in [3.05, 3.63) is 11.4 Å². The first-order chi connectivity index (χ1) is 11.8. The Morgan fingerprint density at radius 2 is 2.04 bits per heavy atom. The van der Waals surface area contributed by atoms with Crippen LogP contribution in [-0.2, 0) is 34.0 Å². The molecule has 3 aliphatic rings. The molecule has 1 saturated carbocycles. The molecule has 2 fully saturated rings. The molecular weight excluding hydrogens is 308 g/mol. The summed E-state index contributed by atoms with van der Waals surface area (Å²) in [7, 11) is 0. The van der Waals surface area contributed by atoms with Gasteiger partial charge < -0.3 is 14.4 Å². The molecule has 24 heavy (non-hydrogen) atoms. The molecular formula is C17H26N4O3. The fourth-order valence-corrected chi connectivity index (χ4v) is 3.50. The summed E-state index contributed by atoms with van der Waals surface area (Å²) in [6, 6.07) is 0. The van der Waals surface area contributed by atoms with Crippen molar-refractivity contribution in [2.45, 2.75) is 51.8 Å². The lowest BCUT2D eigenvalue weighted by Crippen LogP contribution is -2.38. The van der Waals surface area contributed by atoms with Crippen molar-refractivity contribution in [2.75, 3.05) is 26.4 Å². The van der Waals surface area contributed by atoms with Crippen LogP contribution in [0.3, 0.4) is 0 Å². The zero-order valence-corrected chi connectivity index (χ0v) is 14.2. The molecule has 7 heteroatoms. The van der Waals surface area contributed by atoms with E-state index in [-0.39, 0.29) is 11.8 Å². The number of ether oxygens (including phenoxy) is 2. The molecule has 7 nitrogen and oxygen atoms in total. The molecule has 3 heterocycles. The molecule has 1 saturated heterocycles. The van der Waals surface area contributed by atoms with Gasteiger partial charge in [0.2, 0.25) is 5.91 Å². The Bertz CT molecular complexity index is 578. The summed E-state index contributed by atoms with van der Waals surface area (Å²) in [5.41, 5.74) is 1.94. The molecule has 0 spiro atoms. The Hall–Kier alpha value is -1.47. The Morgan fingerprint density at radius 3 is 2.83 bits per heavy atom. The Balaban J connectivity index is 1.42. The molecule has 1 amide bonds. The van der Waals surface area contributed by atoms with E-state index in [2.05, 4.69) is 10.3 Å².